The zero-order valence-corrected chi connectivity index (χ0v) is 16.3. The van der Waals surface area contributed by atoms with Crippen LogP contribution in [0.15, 0.2) is 34.1 Å². The monoisotopic (exact) mass is 405 g/mol. The smallest absolute Gasteiger partial charge is 0.265 e. The van der Waals surface area contributed by atoms with Crippen LogP contribution < -0.4 is 5.32 Å². The zero-order chi connectivity index (χ0) is 17.3. The normalized spacial score (nSPS) is 11.4. The highest BCUT2D eigenvalue weighted by molar-refractivity contribution is 9.11. The minimum absolute atomic E-state index is 0.0767. The molecular formula is C18H20BrN3OS. The van der Waals surface area contributed by atoms with Gasteiger partial charge in [-0.3, -0.25) is 4.79 Å². The van der Waals surface area contributed by atoms with Crippen LogP contribution in [0.5, 0.6) is 0 Å². The number of nitrogens with zero attached hydrogens (tertiary/aromatic N) is 1. The topological polar surface area (TPSA) is 48.1 Å². The summed E-state index contributed by atoms with van der Waals surface area (Å²) in [7, 11) is 4.16. The fourth-order valence-electron chi connectivity index (χ4n) is 2.75. The maximum Gasteiger partial charge on any atom is 0.265 e. The third-order valence-electron chi connectivity index (χ3n) is 3.98. The summed E-state index contributed by atoms with van der Waals surface area (Å²) in [6, 6.07) is 9.74. The lowest BCUT2D eigenvalue weighted by atomic mass is 10.1. The molecule has 1 amide bonds. The van der Waals surface area contributed by atoms with Crippen molar-refractivity contribution >= 4 is 49.8 Å². The second-order valence-corrected chi connectivity index (χ2v) is 8.56. The van der Waals surface area contributed by atoms with Crippen molar-refractivity contribution in [2.24, 2.45) is 0 Å². The summed E-state index contributed by atoms with van der Waals surface area (Å²) in [6.45, 7) is 3.10. The van der Waals surface area contributed by atoms with E-state index in [1.807, 2.05) is 24.3 Å². The fraction of sp³-hybridized carbons (Fsp3) is 0.278. The molecule has 0 unspecified atom stereocenters. The van der Waals surface area contributed by atoms with Crippen LogP contribution in [0.25, 0.3) is 10.9 Å². The standard InChI is InChI=1S/C18H20BrN3OS/c1-11-13(8-9-22(2)3)14-10-12(4-5-15(14)20-11)21-18(23)16-6-7-17(19)24-16/h4-7,10,20H,8-9H2,1-3H3,(H,21,23). The minimum atomic E-state index is -0.0767. The second kappa shape index (κ2) is 7.09. The van der Waals surface area contributed by atoms with Crippen molar-refractivity contribution in [3.05, 3.63) is 50.3 Å². The number of aromatic amines is 1. The molecule has 3 aromatic rings. The number of carbonyl (C=O) groups is 1. The quantitative estimate of drug-likeness (QED) is 0.648. The highest BCUT2D eigenvalue weighted by Crippen LogP contribution is 2.27. The second-order valence-electron chi connectivity index (χ2n) is 6.10. The molecule has 0 atom stereocenters. The van der Waals surface area contributed by atoms with E-state index in [1.165, 1.54) is 28.0 Å². The van der Waals surface area contributed by atoms with E-state index in [-0.39, 0.29) is 5.91 Å². The summed E-state index contributed by atoms with van der Waals surface area (Å²) >= 11 is 4.82. The molecule has 0 saturated heterocycles. The van der Waals surface area contributed by atoms with Crippen LogP contribution in [-0.4, -0.2) is 36.4 Å². The summed E-state index contributed by atoms with van der Waals surface area (Å²) < 4.78 is 0.954. The van der Waals surface area contributed by atoms with Crippen molar-refractivity contribution in [2.75, 3.05) is 26.0 Å². The van der Waals surface area contributed by atoms with Gasteiger partial charge < -0.3 is 15.2 Å². The molecule has 2 heterocycles. The van der Waals surface area contributed by atoms with Crippen LogP contribution in [0.2, 0.25) is 0 Å². The molecule has 24 heavy (non-hydrogen) atoms. The molecule has 2 aromatic heterocycles. The van der Waals surface area contributed by atoms with Crippen molar-refractivity contribution in [3.63, 3.8) is 0 Å². The van der Waals surface area contributed by atoms with Crippen molar-refractivity contribution in [1.82, 2.24) is 9.88 Å². The van der Waals surface area contributed by atoms with Gasteiger partial charge >= 0.3 is 0 Å². The molecule has 0 aliphatic carbocycles. The molecular weight excluding hydrogens is 386 g/mol. The first-order chi connectivity index (χ1) is 11.4. The number of aromatic nitrogens is 1. The Bertz CT molecular complexity index is 882. The zero-order valence-electron chi connectivity index (χ0n) is 13.9. The number of likely N-dealkylation sites (N-methyl/N-ethyl adjacent to an activating group) is 1. The number of aryl methyl sites for hydroxylation is 1. The van der Waals surface area contributed by atoms with Crippen LogP contribution in [-0.2, 0) is 6.42 Å². The first kappa shape index (κ1) is 17.2. The number of amides is 1. The number of carbonyl (C=O) groups excluding carboxylic acids is 1. The lowest BCUT2D eigenvalue weighted by Crippen LogP contribution is -2.15. The van der Waals surface area contributed by atoms with Gasteiger partial charge in [0.1, 0.15) is 0 Å². The number of nitrogens with one attached hydrogen (secondary N) is 2. The molecule has 0 fully saturated rings. The Morgan fingerprint density at radius 2 is 2.08 bits per heavy atom. The first-order valence-corrected chi connectivity index (χ1v) is 9.37. The molecule has 0 spiro atoms. The van der Waals surface area contributed by atoms with Crippen LogP contribution in [0.1, 0.15) is 20.9 Å². The van der Waals surface area contributed by atoms with Gasteiger partial charge in [-0.1, -0.05) is 0 Å². The van der Waals surface area contributed by atoms with E-state index in [4.69, 9.17) is 0 Å². The number of hydrogen-bond acceptors (Lipinski definition) is 3. The molecule has 0 saturated carbocycles. The maximum atomic E-state index is 12.3. The van der Waals surface area contributed by atoms with E-state index in [9.17, 15) is 4.79 Å². The number of fused-ring (bicyclic) bond motifs is 1. The maximum absolute atomic E-state index is 12.3. The lowest BCUT2D eigenvalue weighted by molar-refractivity contribution is 0.103. The number of benzene rings is 1. The molecule has 0 aliphatic heterocycles. The highest BCUT2D eigenvalue weighted by atomic mass is 79.9. The average Bonchev–Trinajstić information content (AvgIpc) is 3.08. The molecule has 1 aromatic carbocycles. The predicted octanol–water partition coefficient (Wildman–Crippen LogP) is 4.66. The Kier molecular flexibility index (Phi) is 5.08. The third-order valence-corrected chi connectivity index (χ3v) is 5.61. The number of rotatable bonds is 5. The average molecular weight is 406 g/mol. The molecule has 4 nitrogen and oxygen atoms in total. The van der Waals surface area contributed by atoms with E-state index in [1.54, 1.807) is 0 Å². The highest BCUT2D eigenvalue weighted by Gasteiger charge is 2.12. The number of thiophene rings is 1. The fourth-order valence-corrected chi connectivity index (χ4v) is 4.03. The number of halogens is 1. The van der Waals surface area contributed by atoms with E-state index in [2.05, 4.69) is 58.2 Å². The Morgan fingerprint density at radius 1 is 1.29 bits per heavy atom. The predicted molar refractivity (Wildman–Crippen MR) is 105 cm³/mol. The molecule has 2 N–H and O–H groups in total. The first-order valence-electron chi connectivity index (χ1n) is 7.76. The van der Waals surface area contributed by atoms with E-state index < -0.39 is 0 Å². The van der Waals surface area contributed by atoms with Crippen LogP contribution in [0.3, 0.4) is 0 Å². The third kappa shape index (κ3) is 3.71. The van der Waals surface area contributed by atoms with Gasteiger partial charge in [0.25, 0.3) is 5.91 Å². The van der Waals surface area contributed by atoms with Gasteiger partial charge in [0, 0.05) is 28.8 Å². The largest absolute Gasteiger partial charge is 0.358 e. The van der Waals surface area contributed by atoms with Crippen molar-refractivity contribution in [3.8, 4) is 0 Å². The molecule has 126 valence electrons. The van der Waals surface area contributed by atoms with Crippen molar-refractivity contribution in [1.29, 1.82) is 0 Å². The van der Waals surface area contributed by atoms with Gasteiger partial charge in [-0.05, 0) is 79.3 Å². The Morgan fingerprint density at radius 3 is 2.75 bits per heavy atom. The Labute approximate surface area is 154 Å². The summed E-state index contributed by atoms with van der Waals surface area (Å²) in [5, 5.41) is 4.17. The summed E-state index contributed by atoms with van der Waals surface area (Å²) in [5.41, 5.74) is 4.44. The summed E-state index contributed by atoms with van der Waals surface area (Å²) in [4.78, 5) is 18.6. The minimum Gasteiger partial charge on any atom is -0.358 e. The van der Waals surface area contributed by atoms with E-state index in [0.29, 0.717) is 4.88 Å². The molecule has 6 heteroatoms. The molecule has 0 radical (unpaired) electrons. The number of H-pyrrole nitrogens is 1. The van der Waals surface area contributed by atoms with Gasteiger partial charge in [0.15, 0.2) is 0 Å². The van der Waals surface area contributed by atoms with Crippen LogP contribution in [0.4, 0.5) is 5.69 Å². The van der Waals surface area contributed by atoms with Crippen molar-refractivity contribution < 1.29 is 4.79 Å². The lowest BCUT2D eigenvalue weighted by Gasteiger charge is -2.10. The Balaban J connectivity index is 1.87. The summed E-state index contributed by atoms with van der Waals surface area (Å²) in [5.74, 6) is -0.0767. The van der Waals surface area contributed by atoms with Crippen molar-refractivity contribution in [2.45, 2.75) is 13.3 Å². The molecule has 3 rings (SSSR count). The van der Waals surface area contributed by atoms with Crippen LogP contribution in [0, 0.1) is 6.92 Å². The summed E-state index contributed by atoms with van der Waals surface area (Å²) in [6.07, 6.45) is 0.980. The van der Waals surface area contributed by atoms with Gasteiger partial charge in [0.2, 0.25) is 0 Å². The Hall–Kier alpha value is -1.63. The van der Waals surface area contributed by atoms with Gasteiger partial charge in [-0.15, -0.1) is 11.3 Å². The van der Waals surface area contributed by atoms with E-state index >= 15 is 0 Å². The van der Waals surface area contributed by atoms with Gasteiger partial charge in [0.05, 0.1) is 8.66 Å². The van der Waals surface area contributed by atoms with Crippen LogP contribution >= 0.6 is 27.3 Å². The van der Waals surface area contributed by atoms with E-state index in [0.717, 1.165) is 28.0 Å². The number of hydrogen-bond donors (Lipinski definition) is 2. The molecule has 0 bridgehead atoms. The number of anilines is 1. The van der Waals surface area contributed by atoms with Gasteiger partial charge in [-0.25, -0.2) is 0 Å². The SMILES string of the molecule is Cc1[nH]c2ccc(NC(=O)c3ccc(Br)s3)cc2c1CCN(C)C. The van der Waals surface area contributed by atoms with Gasteiger partial charge in [-0.2, -0.15) is 0 Å². The molecule has 0 aliphatic rings.